The summed E-state index contributed by atoms with van der Waals surface area (Å²) in [6, 6.07) is 6.12. The topological polar surface area (TPSA) is 58.4 Å². The Balaban J connectivity index is 2.04. The summed E-state index contributed by atoms with van der Waals surface area (Å²) in [5.41, 5.74) is 8.77. The first-order valence-corrected chi connectivity index (χ1v) is 8.24. The van der Waals surface area contributed by atoms with Crippen molar-refractivity contribution >= 4 is 23.4 Å². The van der Waals surface area contributed by atoms with Gasteiger partial charge in [0.2, 0.25) is 5.91 Å². The molecule has 1 heterocycles. The third-order valence-corrected chi connectivity index (χ3v) is 4.53. The van der Waals surface area contributed by atoms with Crippen LogP contribution < -0.4 is 11.1 Å². The number of amides is 1. The number of nitrogens with one attached hydrogen (secondary N) is 1. The molecule has 1 aliphatic heterocycles. The van der Waals surface area contributed by atoms with E-state index in [1.54, 1.807) is 0 Å². The van der Waals surface area contributed by atoms with Crippen LogP contribution in [0, 0.1) is 6.92 Å². The number of carbonyl (C=O) groups excluding carboxylic acids is 1. The number of anilines is 1. The van der Waals surface area contributed by atoms with Gasteiger partial charge in [-0.1, -0.05) is 12.1 Å². The lowest BCUT2D eigenvalue weighted by molar-refractivity contribution is -0.116. The first kappa shape index (κ1) is 15.4. The molecule has 1 saturated heterocycles. The van der Waals surface area contributed by atoms with Gasteiger partial charge in [-0.05, 0) is 24.1 Å². The Kier molecular flexibility index (Phi) is 5.88. The summed E-state index contributed by atoms with van der Waals surface area (Å²) < 4.78 is 0. The monoisotopic (exact) mass is 293 g/mol. The van der Waals surface area contributed by atoms with E-state index in [1.165, 1.54) is 17.1 Å². The van der Waals surface area contributed by atoms with Crippen LogP contribution in [0.4, 0.5) is 5.69 Å². The van der Waals surface area contributed by atoms with Gasteiger partial charge >= 0.3 is 0 Å². The highest BCUT2D eigenvalue weighted by Crippen LogP contribution is 2.21. The van der Waals surface area contributed by atoms with Crippen LogP contribution in [-0.2, 0) is 11.3 Å². The van der Waals surface area contributed by atoms with Gasteiger partial charge in [0.15, 0.2) is 0 Å². The fraction of sp³-hybridized carbons (Fsp3) is 0.533. The number of hydrogen-bond donors (Lipinski definition) is 2. The van der Waals surface area contributed by atoms with Gasteiger partial charge in [-0.3, -0.25) is 9.69 Å². The van der Waals surface area contributed by atoms with E-state index in [1.807, 2.05) is 23.9 Å². The Bertz CT molecular complexity index is 458. The normalized spacial score (nSPS) is 16.1. The Morgan fingerprint density at radius 1 is 1.40 bits per heavy atom. The third kappa shape index (κ3) is 4.23. The van der Waals surface area contributed by atoms with Gasteiger partial charge in [-0.15, -0.1) is 0 Å². The zero-order chi connectivity index (χ0) is 14.4. The smallest absolute Gasteiger partial charge is 0.225 e. The molecule has 2 rings (SSSR count). The molecule has 0 aliphatic carbocycles. The molecule has 5 heteroatoms. The Hall–Kier alpha value is -1.04. The van der Waals surface area contributed by atoms with E-state index in [0.29, 0.717) is 13.0 Å². The minimum atomic E-state index is -0.0119. The van der Waals surface area contributed by atoms with E-state index in [9.17, 15) is 4.79 Å². The van der Waals surface area contributed by atoms with Crippen molar-refractivity contribution in [3.63, 3.8) is 0 Å². The molecule has 0 unspecified atom stereocenters. The predicted octanol–water partition coefficient (Wildman–Crippen LogP) is 1.83. The second-order valence-corrected chi connectivity index (χ2v) is 6.29. The van der Waals surface area contributed by atoms with Gasteiger partial charge in [0.1, 0.15) is 0 Å². The van der Waals surface area contributed by atoms with Crippen LogP contribution in [0.5, 0.6) is 0 Å². The standard InChI is InChI=1S/C15H23N3OS/c1-12-13(11-18-7-9-20-10-8-18)3-2-4-14(12)17-15(19)5-6-16/h2-4H,5-11,16H2,1H3,(H,17,19). The zero-order valence-electron chi connectivity index (χ0n) is 12.0. The van der Waals surface area contributed by atoms with Crippen LogP contribution in [0.3, 0.4) is 0 Å². The lowest BCUT2D eigenvalue weighted by Crippen LogP contribution is -2.32. The number of carbonyl (C=O) groups is 1. The first-order chi connectivity index (χ1) is 9.70. The molecule has 0 spiro atoms. The second-order valence-electron chi connectivity index (χ2n) is 5.07. The Labute approximate surface area is 125 Å². The third-order valence-electron chi connectivity index (χ3n) is 3.59. The maximum Gasteiger partial charge on any atom is 0.225 e. The first-order valence-electron chi connectivity index (χ1n) is 7.09. The van der Waals surface area contributed by atoms with Gasteiger partial charge in [0.25, 0.3) is 0 Å². The van der Waals surface area contributed by atoms with Crippen LogP contribution >= 0.6 is 11.8 Å². The Morgan fingerprint density at radius 3 is 2.85 bits per heavy atom. The van der Waals surface area contributed by atoms with E-state index in [4.69, 9.17) is 5.73 Å². The molecule has 0 atom stereocenters. The molecule has 1 aliphatic rings. The summed E-state index contributed by atoms with van der Waals surface area (Å²) in [4.78, 5) is 14.1. The van der Waals surface area contributed by atoms with Gasteiger partial charge in [0, 0.05) is 49.8 Å². The van der Waals surface area contributed by atoms with Crippen molar-refractivity contribution in [3.8, 4) is 0 Å². The van der Waals surface area contributed by atoms with Crippen LogP contribution in [-0.4, -0.2) is 41.9 Å². The molecule has 0 aromatic heterocycles. The van der Waals surface area contributed by atoms with E-state index in [2.05, 4.69) is 23.2 Å². The number of nitrogens with two attached hydrogens (primary N) is 1. The minimum Gasteiger partial charge on any atom is -0.330 e. The molecule has 1 fully saturated rings. The van der Waals surface area contributed by atoms with Crippen molar-refractivity contribution in [2.24, 2.45) is 5.73 Å². The molecule has 0 bridgehead atoms. The molecule has 1 aromatic rings. The highest BCUT2D eigenvalue weighted by Gasteiger charge is 2.13. The Morgan fingerprint density at radius 2 is 2.15 bits per heavy atom. The van der Waals surface area contributed by atoms with Crippen LogP contribution in [0.15, 0.2) is 18.2 Å². The SMILES string of the molecule is Cc1c(CN2CCSCC2)cccc1NC(=O)CCN. The number of rotatable bonds is 5. The van der Waals surface area contributed by atoms with Gasteiger partial charge in [-0.25, -0.2) is 0 Å². The van der Waals surface area contributed by atoms with Gasteiger partial charge in [0.05, 0.1) is 0 Å². The van der Waals surface area contributed by atoms with Crippen LogP contribution in [0.1, 0.15) is 17.5 Å². The van der Waals surface area contributed by atoms with Gasteiger partial charge < -0.3 is 11.1 Å². The molecule has 0 saturated carbocycles. The molecule has 0 radical (unpaired) electrons. The van der Waals surface area contributed by atoms with E-state index < -0.39 is 0 Å². The molecule has 1 amide bonds. The fourth-order valence-electron chi connectivity index (χ4n) is 2.33. The summed E-state index contributed by atoms with van der Waals surface area (Å²) in [6.07, 6.45) is 0.368. The quantitative estimate of drug-likeness (QED) is 0.869. The fourth-order valence-corrected chi connectivity index (χ4v) is 3.31. The molecular formula is C15H23N3OS. The average Bonchev–Trinajstić information content (AvgIpc) is 2.45. The maximum absolute atomic E-state index is 11.7. The van der Waals surface area contributed by atoms with E-state index >= 15 is 0 Å². The summed E-state index contributed by atoms with van der Waals surface area (Å²) in [5, 5.41) is 2.95. The van der Waals surface area contributed by atoms with Gasteiger partial charge in [-0.2, -0.15) is 11.8 Å². The largest absolute Gasteiger partial charge is 0.330 e. The second kappa shape index (κ2) is 7.67. The highest BCUT2D eigenvalue weighted by atomic mass is 32.2. The van der Waals surface area contributed by atoms with E-state index in [-0.39, 0.29) is 5.91 Å². The number of benzene rings is 1. The maximum atomic E-state index is 11.7. The predicted molar refractivity (Wildman–Crippen MR) is 86.1 cm³/mol. The van der Waals surface area contributed by atoms with Crippen molar-refractivity contribution < 1.29 is 4.79 Å². The number of thioether (sulfide) groups is 1. The van der Waals surface area contributed by atoms with Crippen molar-refractivity contribution in [1.82, 2.24) is 4.90 Å². The van der Waals surface area contributed by atoms with Crippen molar-refractivity contribution in [3.05, 3.63) is 29.3 Å². The van der Waals surface area contributed by atoms with E-state index in [0.717, 1.165) is 30.9 Å². The number of hydrogen-bond acceptors (Lipinski definition) is 4. The van der Waals surface area contributed by atoms with Crippen molar-refractivity contribution in [2.45, 2.75) is 19.9 Å². The average molecular weight is 293 g/mol. The number of nitrogens with zero attached hydrogens (tertiary/aromatic N) is 1. The zero-order valence-corrected chi connectivity index (χ0v) is 12.8. The lowest BCUT2D eigenvalue weighted by atomic mass is 10.1. The summed E-state index contributed by atoms with van der Waals surface area (Å²) in [7, 11) is 0. The molecular weight excluding hydrogens is 270 g/mol. The summed E-state index contributed by atoms with van der Waals surface area (Å²) in [6.45, 7) is 5.72. The summed E-state index contributed by atoms with van der Waals surface area (Å²) >= 11 is 2.02. The highest BCUT2D eigenvalue weighted by molar-refractivity contribution is 7.99. The minimum absolute atomic E-state index is 0.0119. The molecule has 20 heavy (non-hydrogen) atoms. The van der Waals surface area contributed by atoms with Crippen molar-refractivity contribution in [1.29, 1.82) is 0 Å². The molecule has 3 N–H and O–H groups in total. The lowest BCUT2D eigenvalue weighted by Gasteiger charge is -2.27. The molecule has 4 nitrogen and oxygen atoms in total. The molecule has 110 valence electrons. The molecule has 1 aromatic carbocycles. The van der Waals surface area contributed by atoms with Crippen molar-refractivity contribution in [2.75, 3.05) is 36.5 Å². The van der Waals surface area contributed by atoms with Crippen LogP contribution in [0.2, 0.25) is 0 Å². The summed E-state index contributed by atoms with van der Waals surface area (Å²) in [5.74, 6) is 2.42. The van der Waals surface area contributed by atoms with Crippen LogP contribution in [0.25, 0.3) is 0 Å².